The van der Waals surface area contributed by atoms with Crippen LogP contribution in [0.2, 0.25) is 5.02 Å². The maximum Gasteiger partial charge on any atom is 0.338 e. The van der Waals surface area contributed by atoms with Crippen molar-refractivity contribution in [2.45, 2.75) is 13.1 Å². The molecular weight excluding hydrogens is 282 g/mol. The Labute approximate surface area is 120 Å². The molecular formula is C13H12ClN3O3. The molecule has 1 heterocycles. The summed E-state index contributed by atoms with van der Waals surface area (Å²) in [5.41, 5.74) is 0.859. The van der Waals surface area contributed by atoms with E-state index < -0.39 is 5.97 Å². The van der Waals surface area contributed by atoms with E-state index in [0.717, 1.165) is 5.56 Å². The number of benzene rings is 1. The van der Waals surface area contributed by atoms with E-state index in [1.54, 1.807) is 6.07 Å². The number of carbonyl (C=O) groups excluding carboxylic acids is 1. The zero-order valence-corrected chi connectivity index (χ0v) is 11.2. The molecule has 0 aliphatic heterocycles. The van der Waals surface area contributed by atoms with Crippen LogP contribution in [-0.2, 0) is 17.9 Å². The van der Waals surface area contributed by atoms with Crippen LogP contribution in [0, 0.1) is 0 Å². The third-order valence-corrected chi connectivity index (χ3v) is 2.99. The quantitative estimate of drug-likeness (QED) is 0.876. The summed E-state index contributed by atoms with van der Waals surface area (Å²) < 4.78 is 1.27. The average molecular weight is 294 g/mol. The van der Waals surface area contributed by atoms with E-state index in [4.69, 9.17) is 16.7 Å². The van der Waals surface area contributed by atoms with Crippen molar-refractivity contribution in [2.75, 3.05) is 0 Å². The van der Waals surface area contributed by atoms with Gasteiger partial charge in [-0.2, -0.15) is 5.10 Å². The van der Waals surface area contributed by atoms with Gasteiger partial charge in [-0.1, -0.05) is 29.8 Å². The second kappa shape index (κ2) is 6.21. The lowest BCUT2D eigenvalue weighted by Crippen LogP contribution is -2.27. The van der Waals surface area contributed by atoms with Gasteiger partial charge in [-0.25, -0.2) is 4.79 Å². The lowest BCUT2D eigenvalue weighted by molar-refractivity contribution is -0.122. The predicted molar refractivity (Wildman–Crippen MR) is 72.5 cm³/mol. The molecule has 0 fully saturated rings. The van der Waals surface area contributed by atoms with Gasteiger partial charge in [0.25, 0.3) is 0 Å². The number of nitrogens with zero attached hydrogens (tertiary/aromatic N) is 2. The van der Waals surface area contributed by atoms with Crippen LogP contribution in [0.5, 0.6) is 0 Å². The maximum absolute atomic E-state index is 11.7. The topological polar surface area (TPSA) is 84.2 Å². The van der Waals surface area contributed by atoms with Crippen LogP contribution in [0.25, 0.3) is 0 Å². The molecule has 1 amide bonds. The first-order valence-corrected chi connectivity index (χ1v) is 6.20. The molecule has 0 radical (unpaired) electrons. The fraction of sp³-hybridized carbons (Fsp3) is 0.154. The predicted octanol–water partition coefficient (Wildman–Crippen LogP) is 1.55. The first-order chi connectivity index (χ1) is 9.56. The summed E-state index contributed by atoms with van der Waals surface area (Å²) in [5, 5.41) is 15.8. The summed E-state index contributed by atoms with van der Waals surface area (Å²) in [5.74, 6) is -1.35. The van der Waals surface area contributed by atoms with Gasteiger partial charge in [0.15, 0.2) is 0 Å². The Morgan fingerprint density at radius 1 is 1.35 bits per heavy atom. The van der Waals surface area contributed by atoms with Crippen molar-refractivity contribution < 1.29 is 14.7 Å². The van der Waals surface area contributed by atoms with E-state index in [1.165, 1.54) is 17.1 Å². The standard InChI is InChI=1S/C13H12ClN3O3/c14-11-4-2-1-3-9(11)5-15-12(18)8-17-7-10(6-16-17)13(19)20/h1-4,6-7H,5,8H2,(H,15,18)(H,19,20). The zero-order valence-electron chi connectivity index (χ0n) is 10.4. The van der Waals surface area contributed by atoms with Crippen LogP contribution >= 0.6 is 11.6 Å². The molecule has 1 aromatic heterocycles. The van der Waals surface area contributed by atoms with Crippen molar-refractivity contribution in [3.8, 4) is 0 Å². The van der Waals surface area contributed by atoms with E-state index in [2.05, 4.69) is 10.4 Å². The highest BCUT2D eigenvalue weighted by Gasteiger charge is 2.09. The Bertz CT molecular complexity index is 639. The highest BCUT2D eigenvalue weighted by atomic mass is 35.5. The zero-order chi connectivity index (χ0) is 14.5. The highest BCUT2D eigenvalue weighted by molar-refractivity contribution is 6.31. The summed E-state index contributed by atoms with van der Waals surface area (Å²) in [4.78, 5) is 22.4. The van der Waals surface area contributed by atoms with Crippen LogP contribution in [0.15, 0.2) is 36.7 Å². The van der Waals surface area contributed by atoms with Crippen LogP contribution in [0.4, 0.5) is 0 Å². The number of nitrogens with one attached hydrogen (secondary N) is 1. The monoisotopic (exact) mass is 293 g/mol. The summed E-state index contributed by atoms with van der Waals surface area (Å²) in [6, 6.07) is 7.21. The second-order valence-electron chi connectivity index (χ2n) is 4.10. The number of aromatic carboxylic acids is 1. The lowest BCUT2D eigenvalue weighted by atomic mass is 10.2. The second-order valence-corrected chi connectivity index (χ2v) is 4.51. The molecule has 1 aromatic carbocycles. The van der Waals surface area contributed by atoms with Crippen molar-refractivity contribution in [3.05, 3.63) is 52.8 Å². The number of rotatable bonds is 5. The molecule has 0 spiro atoms. The molecule has 0 unspecified atom stereocenters. The fourth-order valence-corrected chi connectivity index (χ4v) is 1.80. The van der Waals surface area contributed by atoms with Gasteiger partial charge in [0, 0.05) is 17.8 Å². The Kier molecular flexibility index (Phi) is 4.37. The van der Waals surface area contributed by atoms with Gasteiger partial charge >= 0.3 is 5.97 Å². The Morgan fingerprint density at radius 3 is 2.75 bits per heavy atom. The van der Waals surface area contributed by atoms with Crippen molar-refractivity contribution in [3.63, 3.8) is 0 Å². The normalized spacial score (nSPS) is 10.2. The molecule has 7 heteroatoms. The summed E-state index contributed by atoms with van der Waals surface area (Å²) in [7, 11) is 0. The molecule has 0 saturated heterocycles. The number of aromatic nitrogens is 2. The van der Waals surface area contributed by atoms with Crippen LogP contribution in [0.3, 0.4) is 0 Å². The Balaban J connectivity index is 1.89. The number of hydrogen-bond donors (Lipinski definition) is 2. The van der Waals surface area contributed by atoms with Crippen LogP contribution in [-0.4, -0.2) is 26.8 Å². The van der Waals surface area contributed by atoms with E-state index >= 15 is 0 Å². The first kappa shape index (κ1) is 14.1. The first-order valence-electron chi connectivity index (χ1n) is 5.82. The molecule has 0 atom stereocenters. The molecule has 0 aliphatic rings. The van der Waals surface area contributed by atoms with E-state index in [-0.39, 0.29) is 18.0 Å². The fourth-order valence-electron chi connectivity index (χ4n) is 1.60. The minimum absolute atomic E-state index is 0.0439. The highest BCUT2D eigenvalue weighted by Crippen LogP contribution is 2.14. The molecule has 0 aliphatic carbocycles. The number of amides is 1. The van der Waals surface area contributed by atoms with Gasteiger partial charge in [-0.3, -0.25) is 9.48 Å². The SMILES string of the molecule is O=C(Cn1cc(C(=O)O)cn1)NCc1ccccc1Cl. The number of halogens is 1. The van der Waals surface area contributed by atoms with E-state index in [0.29, 0.717) is 11.6 Å². The molecule has 6 nitrogen and oxygen atoms in total. The smallest absolute Gasteiger partial charge is 0.338 e. The average Bonchev–Trinajstić information content (AvgIpc) is 2.86. The minimum atomic E-state index is -1.08. The van der Waals surface area contributed by atoms with E-state index in [1.807, 2.05) is 18.2 Å². The summed E-state index contributed by atoms with van der Waals surface area (Å²) in [6.07, 6.45) is 2.50. The molecule has 104 valence electrons. The minimum Gasteiger partial charge on any atom is -0.478 e. The third kappa shape index (κ3) is 3.58. The molecule has 20 heavy (non-hydrogen) atoms. The van der Waals surface area contributed by atoms with Crippen molar-refractivity contribution in [1.29, 1.82) is 0 Å². The number of carboxylic acids is 1. The largest absolute Gasteiger partial charge is 0.478 e. The van der Waals surface area contributed by atoms with Gasteiger partial charge in [-0.15, -0.1) is 0 Å². The number of carboxylic acid groups (broad SMARTS) is 1. The molecule has 0 saturated carbocycles. The lowest BCUT2D eigenvalue weighted by Gasteiger charge is -2.06. The van der Waals surface area contributed by atoms with Gasteiger partial charge < -0.3 is 10.4 Å². The Hall–Kier alpha value is -2.34. The van der Waals surface area contributed by atoms with Crippen molar-refractivity contribution >= 4 is 23.5 Å². The summed E-state index contributed by atoms with van der Waals surface area (Å²) in [6.45, 7) is 0.267. The van der Waals surface area contributed by atoms with E-state index in [9.17, 15) is 9.59 Å². The van der Waals surface area contributed by atoms with Crippen LogP contribution < -0.4 is 5.32 Å². The van der Waals surface area contributed by atoms with Gasteiger partial charge in [0.1, 0.15) is 6.54 Å². The van der Waals surface area contributed by atoms with Crippen molar-refractivity contribution in [2.24, 2.45) is 0 Å². The maximum atomic E-state index is 11.7. The van der Waals surface area contributed by atoms with Crippen molar-refractivity contribution in [1.82, 2.24) is 15.1 Å². The molecule has 0 bridgehead atoms. The molecule has 2 rings (SSSR count). The number of hydrogen-bond acceptors (Lipinski definition) is 3. The van der Waals surface area contributed by atoms with Crippen LogP contribution in [0.1, 0.15) is 15.9 Å². The van der Waals surface area contributed by atoms with Gasteiger partial charge in [-0.05, 0) is 11.6 Å². The number of carbonyl (C=O) groups is 2. The molecule has 2 aromatic rings. The van der Waals surface area contributed by atoms with Gasteiger partial charge in [0.05, 0.1) is 11.8 Å². The summed E-state index contributed by atoms with van der Waals surface area (Å²) >= 11 is 5.97. The van der Waals surface area contributed by atoms with Gasteiger partial charge in [0.2, 0.25) is 5.91 Å². The third-order valence-electron chi connectivity index (χ3n) is 2.62. The Morgan fingerprint density at radius 2 is 2.10 bits per heavy atom. The molecule has 2 N–H and O–H groups in total.